The Hall–Kier alpha value is -2.44. The monoisotopic (exact) mass is 345 g/mol. The zero-order valence-corrected chi connectivity index (χ0v) is 13.6. The molecule has 1 aromatic heterocycles. The molecule has 2 N–H and O–H groups in total. The number of nitrogens with zero attached hydrogens (tertiary/aromatic N) is 1. The smallest absolute Gasteiger partial charge is 0.317 e. The van der Waals surface area contributed by atoms with Gasteiger partial charge < -0.3 is 14.9 Å². The Kier molecular flexibility index (Phi) is 3.23. The van der Waals surface area contributed by atoms with Crippen LogP contribution in [0.1, 0.15) is 38.5 Å². The molecule has 2 unspecified atom stereocenters. The molecule has 4 saturated carbocycles. The Morgan fingerprint density at radius 2 is 1.56 bits per heavy atom. The predicted molar refractivity (Wildman–Crippen MR) is 83.6 cm³/mol. The van der Waals surface area contributed by atoms with Crippen molar-refractivity contribution in [2.75, 3.05) is 0 Å². The van der Waals surface area contributed by atoms with E-state index in [1.165, 1.54) is 6.20 Å². The van der Waals surface area contributed by atoms with Crippen molar-refractivity contribution in [3.05, 3.63) is 24.5 Å². The van der Waals surface area contributed by atoms with E-state index < -0.39 is 34.2 Å². The summed E-state index contributed by atoms with van der Waals surface area (Å²) in [4.78, 5) is 40.8. The van der Waals surface area contributed by atoms with Crippen molar-refractivity contribution in [1.82, 2.24) is 4.98 Å². The van der Waals surface area contributed by atoms with E-state index in [1.54, 1.807) is 18.3 Å². The zero-order valence-electron chi connectivity index (χ0n) is 13.6. The highest BCUT2D eigenvalue weighted by atomic mass is 16.5. The normalized spacial score (nSPS) is 38.3. The molecule has 2 atom stereocenters. The number of ether oxygens (including phenoxy) is 1. The number of hydrogen-bond donors (Lipinski definition) is 2. The molecule has 0 aromatic carbocycles. The fourth-order valence-corrected chi connectivity index (χ4v) is 5.77. The lowest BCUT2D eigenvalue weighted by Gasteiger charge is -2.62. The topological polar surface area (TPSA) is 114 Å². The van der Waals surface area contributed by atoms with Crippen LogP contribution < -0.4 is 4.74 Å². The van der Waals surface area contributed by atoms with E-state index in [9.17, 15) is 24.6 Å². The molecule has 4 fully saturated rings. The Labute approximate surface area is 144 Å². The average Bonchev–Trinajstić information content (AvgIpc) is 2.54. The van der Waals surface area contributed by atoms with Gasteiger partial charge in [-0.15, -0.1) is 0 Å². The Morgan fingerprint density at radius 1 is 1.00 bits per heavy atom. The van der Waals surface area contributed by atoms with Crippen LogP contribution in [0, 0.1) is 22.2 Å². The summed E-state index contributed by atoms with van der Waals surface area (Å²) in [5.41, 5.74) is -3.34. The molecule has 0 saturated heterocycles. The minimum atomic E-state index is -1.15. The first-order valence-electron chi connectivity index (χ1n) is 8.38. The highest BCUT2D eigenvalue weighted by Crippen LogP contribution is 2.70. The van der Waals surface area contributed by atoms with E-state index in [0.717, 1.165) is 0 Å². The first-order valence-corrected chi connectivity index (χ1v) is 8.38. The predicted octanol–water partition coefficient (Wildman–Crippen LogP) is 2.11. The van der Waals surface area contributed by atoms with Crippen molar-refractivity contribution < 1.29 is 29.3 Å². The van der Waals surface area contributed by atoms with E-state index in [2.05, 4.69) is 4.98 Å². The summed E-state index contributed by atoms with van der Waals surface area (Å²) < 4.78 is 5.46. The van der Waals surface area contributed by atoms with Gasteiger partial charge in [0.2, 0.25) is 0 Å². The summed E-state index contributed by atoms with van der Waals surface area (Å²) in [7, 11) is 0. The van der Waals surface area contributed by atoms with E-state index in [-0.39, 0.29) is 30.9 Å². The number of carbonyl (C=O) groups is 3. The van der Waals surface area contributed by atoms with Gasteiger partial charge in [0.1, 0.15) is 5.75 Å². The second-order valence-electron chi connectivity index (χ2n) is 8.04. The Balaban J connectivity index is 1.72. The lowest BCUT2D eigenvalue weighted by Crippen LogP contribution is -2.64. The summed E-state index contributed by atoms with van der Waals surface area (Å²) >= 11 is 0. The molecule has 0 radical (unpaired) electrons. The number of hydrogen-bond acceptors (Lipinski definition) is 5. The van der Waals surface area contributed by atoms with Gasteiger partial charge in [-0.25, -0.2) is 0 Å². The molecule has 25 heavy (non-hydrogen) atoms. The number of carbonyl (C=O) groups excluding carboxylic acids is 1. The van der Waals surface area contributed by atoms with Crippen LogP contribution in [0.25, 0.3) is 0 Å². The molecule has 0 amide bonds. The van der Waals surface area contributed by atoms with E-state index >= 15 is 0 Å². The van der Waals surface area contributed by atoms with Gasteiger partial charge in [-0.05, 0) is 56.6 Å². The maximum atomic E-state index is 13.0. The SMILES string of the molecule is O=C(O)C12CC3CC(C(=O)O)(C1)CC(C(=O)Oc1cccnc1)(C3)C2. The van der Waals surface area contributed by atoms with Gasteiger partial charge in [0.05, 0.1) is 22.4 Å². The minimum Gasteiger partial charge on any atom is -0.481 e. The van der Waals surface area contributed by atoms with Crippen LogP contribution in [-0.2, 0) is 14.4 Å². The van der Waals surface area contributed by atoms with Crippen LogP contribution in [0.2, 0.25) is 0 Å². The van der Waals surface area contributed by atoms with E-state index in [1.807, 2.05) is 0 Å². The highest BCUT2D eigenvalue weighted by molar-refractivity contribution is 5.87. The molecule has 0 spiro atoms. The lowest BCUT2D eigenvalue weighted by atomic mass is 9.39. The van der Waals surface area contributed by atoms with Gasteiger partial charge >= 0.3 is 17.9 Å². The van der Waals surface area contributed by atoms with Crippen molar-refractivity contribution in [1.29, 1.82) is 0 Å². The maximum absolute atomic E-state index is 13.0. The molecule has 7 nitrogen and oxygen atoms in total. The van der Waals surface area contributed by atoms with Crippen molar-refractivity contribution in [2.45, 2.75) is 38.5 Å². The quantitative estimate of drug-likeness (QED) is 0.803. The lowest BCUT2D eigenvalue weighted by molar-refractivity contribution is -0.207. The zero-order chi connectivity index (χ0) is 17.9. The third kappa shape index (κ3) is 2.25. The largest absolute Gasteiger partial charge is 0.481 e. The number of carboxylic acid groups (broad SMARTS) is 2. The molecule has 5 rings (SSSR count). The molecule has 7 heteroatoms. The minimum absolute atomic E-state index is 0.0788. The second-order valence-corrected chi connectivity index (χ2v) is 8.04. The molecule has 132 valence electrons. The third-order valence-electron chi connectivity index (χ3n) is 6.25. The fourth-order valence-electron chi connectivity index (χ4n) is 5.77. The molecule has 1 aromatic rings. The number of aliphatic carboxylic acids is 2. The molecule has 4 bridgehead atoms. The summed E-state index contributed by atoms with van der Waals surface area (Å²) in [5, 5.41) is 19.6. The van der Waals surface area contributed by atoms with Crippen molar-refractivity contribution in [2.24, 2.45) is 22.2 Å². The van der Waals surface area contributed by atoms with Crippen LogP contribution in [0.4, 0.5) is 0 Å². The van der Waals surface area contributed by atoms with Crippen LogP contribution in [0.15, 0.2) is 24.5 Å². The van der Waals surface area contributed by atoms with Crippen molar-refractivity contribution in [3.63, 3.8) is 0 Å². The van der Waals surface area contributed by atoms with Crippen LogP contribution in [0.5, 0.6) is 5.75 Å². The number of carboxylic acids is 2. The molecule has 4 aliphatic rings. The van der Waals surface area contributed by atoms with Crippen molar-refractivity contribution in [3.8, 4) is 5.75 Å². The molecular weight excluding hydrogens is 326 g/mol. The fraction of sp³-hybridized carbons (Fsp3) is 0.556. The van der Waals surface area contributed by atoms with E-state index in [4.69, 9.17) is 4.74 Å². The summed E-state index contributed by atoms with van der Waals surface area (Å²) in [6.07, 6.45) is 4.76. The summed E-state index contributed by atoms with van der Waals surface area (Å²) in [6.45, 7) is 0. The van der Waals surface area contributed by atoms with Gasteiger partial charge in [0, 0.05) is 6.20 Å². The molecule has 0 aliphatic heterocycles. The average molecular weight is 345 g/mol. The van der Waals surface area contributed by atoms with Gasteiger partial charge in [-0.1, -0.05) is 0 Å². The second kappa shape index (κ2) is 5.03. The van der Waals surface area contributed by atoms with Gasteiger partial charge in [-0.2, -0.15) is 0 Å². The first kappa shape index (κ1) is 16.1. The standard InChI is InChI=1S/C18H19NO6/c20-13(21)16-4-11-5-17(8-16,14(22)23)10-18(6-11,9-16)15(24)25-12-2-1-3-19-7-12/h1-3,7,11H,4-6,8-10H2,(H,20,21)(H,22,23). The summed E-state index contributed by atoms with van der Waals surface area (Å²) in [6, 6.07) is 3.24. The number of esters is 1. The van der Waals surface area contributed by atoms with Gasteiger partial charge in [-0.3, -0.25) is 19.4 Å². The third-order valence-corrected chi connectivity index (χ3v) is 6.25. The van der Waals surface area contributed by atoms with Gasteiger partial charge in [0.15, 0.2) is 0 Å². The van der Waals surface area contributed by atoms with Crippen LogP contribution in [-0.4, -0.2) is 33.1 Å². The van der Waals surface area contributed by atoms with Crippen LogP contribution in [0.3, 0.4) is 0 Å². The Bertz CT molecular complexity index is 730. The highest BCUT2D eigenvalue weighted by Gasteiger charge is 2.70. The van der Waals surface area contributed by atoms with Gasteiger partial charge in [0.25, 0.3) is 0 Å². The number of rotatable bonds is 4. The summed E-state index contributed by atoms with van der Waals surface area (Å²) in [5.74, 6) is -2.32. The molecular formula is C18H19NO6. The van der Waals surface area contributed by atoms with Crippen molar-refractivity contribution >= 4 is 17.9 Å². The van der Waals surface area contributed by atoms with Crippen LogP contribution >= 0.6 is 0 Å². The number of pyridine rings is 1. The Morgan fingerprint density at radius 3 is 2.08 bits per heavy atom. The van der Waals surface area contributed by atoms with E-state index in [0.29, 0.717) is 19.3 Å². The molecule has 1 heterocycles. The number of aromatic nitrogens is 1. The molecule has 4 aliphatic carbocycles. The first-order chi connectivity index (χ1) is 11.8. The maximum Gasteiger partial charge on any atom is 0.317 e.